The first-order chi connectivity index (χ1) is 13.1. The van der Waals surface area contributed by atoms with Gasteiger partial charge in [-0.1, -0.05) is 6.07 Å². The number of aromatic nitrogens is 1. The van der Waals surface area contributed by atoms with Gasteiger partial charge in [0, 0.05) is 43.5 Å². The van der Waals surface area contributed by atoms with E-state index in [1.54, 1.807) is 41.6 Å². The molecule has 2 aromatic rings. The maximum Gasteiger partial charge on any atom is 0.410 e. The monoisotopic (exact) mass is 405 g/mol. The van der Waals surface area contributed by atoms with Gasteiger partial charge in [0.25, 0.3) is 0 Å². The lowest BCUT2D eigenvalue weighted by atomic mass is 10.2. The Kier molecular flexibility index (Phi) is 5.63. The molecular formula is C20H27N3O4S. The second-order valence-electron chi connectivity index (χ2n) is 8.11. The lowest BCUT2D eigenvalue weighted by Crippen LogP contribution is -2.41. The molecule has 0 bridgehead atoms. The van der Waals surface area contributed by atoms with Crippen molar-refractivity contribution in [1.82, 2.24) is 14.2 Å². The number of ether oxygens (including phenoxy) is 1. The van der Waals surface area contributed by atoms with Crippen molar-refractivity contribution in [1.29, 1.82) is 0 Å². The molecule has 1 fully saturated rings. The highest BCUT2D eigenvalue weighted by atomic mass is 32.2. The molecule has 1 aliphatic rings. The number of pyridine rings is 1. The number of hydrogen-bond acceptors (Lipinski definition) is 5. The summed E-state index contributed by atoms with van der Waals surface area (Å²) in [5.74, 6) is 0. The molecule has 7 nitrogen and oxygen atoms in total. The van der Waals surface area contributed by atoms with E-state index >= 15 is 0 Å². The molecule has 0 N–H and O–H groups in total. The summed E-state index contributed by atoms with van der Waals surface area (Å²) in [4.78, 5) is 18.3. The van der Waals surface area contributed by atoms with Gasteiger partial charge in [-0.05, 0) is 57.7 Å². The van der Waals surface area contributed by atoms with E-state index in [-0.39, 0.29) is 17.5 Å². The van der Waals surface area contributed by atoms with Crippen molar-refractivity contribution in [2.45, 2.75) is 50.7 Å². The van der Waals surface area contributed by atoms with E-state index in [0.29, 0.717) is 19.5 Å². The molecule has 0 aliphatic carbocycles. The van der Waals surface area contributed by atoms with Gasteiger partial charge >= 0.3 is 6.09 Å². The summed E-state index contributed by atoms with van der Waals surface area (Å²) in [5, 5.41) is 1.72. The molecule has 0 saturated carbocycles. The van der Waals surface area contributed by atoms with Crippen LogP contribution in [0.25, 0.3) is 10.8 Å². The first-order valence-corrected chi connectivity index (χ1v) is 10.9. The third kappa shape index (κ3) is 4.44. The number of nitrogens with zero attached hydrogens (tertiary/aromatic N) is 3. The van der Waals surface area contributed by atoms with Crippen LogP contribution in [0, 0.1) is 0 Å². The highest BCUT2D eigenvalue weighted by Crippen LogP contribution is 2.25. The number of carbonyl (C=O) groups excluding carboxylic acids is 1. The van der Waals surface area contributed by atoms with Crippen molar-refractivity contribution in [2.75, 3.05) is 19.6 Å². The van der Waals surface area contributed by atoms with Gasteiger partial charge < -0.3 is 9.64 Å². The van der Waals surface area contributed by atoms with Crippen LogP contribution in [-0.2, 0) is 14.8 Å². The molecule has 1 aromatic carbocycles. The Bertz CT molecular complexity index is 969. The number of carbonyl (C=O) groups is 1. The Morgan fingerprint density at radius 2 is 1.89 bits per heavy atom. The minimum atomic E-state index is -3.68. The van der Waals surface area contributed by atoms with Gasteiger partial charge in [0.1, 0.15) is 5.60 Å². The highest BCUT2D eigenvalue weighted by Gasteiger charge is 2.34. The smallest absolute Gasteiger partial charge is 0.410 e. The molecule has 1 atom stereocenters. The fourth-order valence-electron chi connectivity index (χ4n) is 3.26. The van der Waals surface area contributed by atoms with Gasteiger partial charge in [0.15, 0.2) is 0 Å². The molecule has 8 heteroatoms. The van der Waals surface area contributed by atoms with Crippen molar-refractivity contribution in [3.63, 3.8) is 0 Å². The molecule has 28 heavy (non-hydrogen) atoms. The summed E-state index contributed by atoms with van der Waals surface area (Å²) >= 11 is 0. The fourth-order valence-corrected chi connectivity index (χ4v) is 4.95. The van der Waals surface area contributed by atoms with Crippen molar-refractivity contribution in [3.8, 4) is 0 Å². The number of benzene rings is 1. The largest absolute Gasteiger partial charge is 0.444 e. The zero-order valence-electron chi connectivity index (χ0n) is 16.8. The van der Waals surface area contributed by atoms with Crippen LogP contribution in [-0.4, -0.2) is 60.0 Å². The summed E-state index contributed by atoms with van der Waals surface area (Å²) in [5.41, 5.74) is -0.583. The van der Waals surface area contributed by atoms with Gasteiger partial charge in [-0.2, -0.15) is 4.31 Å². The summed E-state index contributed by atoms with van der Waals surface area (Å²) in [6.07, 6.45) is 3.50. The normalized spacial score (nSPS) is 19.4. The second-order valence-corrected chi connectivity index (χ2v) is 10.00. The summed E-state index contributed by atoms with van der Waals surface area (Å²) in [6.45, 7) is 8.33. The van der Waals surface area contributed by atoms with Crippen LogP contribution in [0.1, 0.15) is 34.1 Å². The predicted molar refractivity (Wildman–Crippen MR) is 108 cm³/mol. The lowest BCUT2D eigenvalue weighted by Gasteiger charge is -2.27. The summed E-state index contributed by atoms with van der Waals surface area (Å²) in [6, 6.07) is 6.64. The molecular weight excluding hydrogens is 378 g/mol. The summed E-state index contributed by atoms with van der Waals surface area (Å²) in [7, 11) is -3.68. The number of hydrogen-bond donors (Lipinski definition) is 0. The van der Waals surface area contributed by atoms with Crippen LogP contribution >= 0.6 is 0 Å². The molecule has 0 spiro atoms. The Labute approximate surface area is 166 Å². The van der Waals surface area contributed by atoms with Gasteiger partial charge in [-0.3, -0.25) is 4.98 Å². The molecule has 1 aromatic heterocycles. The minimum Gasteiger partial charge on any atom is -0.444 e. The van der Waals surface area contributed by atoms with Crippen molar-refractivity contribution in [2.24, 2.45) is 0 Å². The maximum atomic E-state index is 13.3. The summed E-state index contributed by atoms with van der Waals surface area (Å²) < 4.78 is 33.5. The van der Waals surface area contributed by atoms with E-state index < -0.39 is 21.7 Å². The second kappa shape index (κ2) is 7.67. The Balaban J connectivity index is 1.82. The van der Waals surface area contributed by atoms with Crippen LogP contribution in [0.3, 0.4) is 0 Å². The van der Waals surface area contributed by atoms with Crippen molar-refractivity contribution >= 4 is 26.9 Å². The van der Waals surface area contributed by atoms with Gasteiger partial charge in [-0.25, -0.2) is 13.2 Å². The quantitative estimate of drug-likeness (QED) is 0.766. The Morgan fingerprint density at radius 1 is 1.14 bits per heavy atom. The molecule has 1 unspecified atom stereocenters. The van der Waals surface area contributed by atoms with E-state index in [4.69, 9.17) is 4.74 Å². The minimum absolute atomic E-state index is 0.217. The third-order valence-electron chi connectivity index (χ3n) is 4.77. The van der Waals surface area contributed by atoms with Gasteiger partial charge in [0.05, 0.1) is 4.90 Å². The van der Waals surface area contributed by atoms with Crippen LogP contribution < -0.4 is 0 Å². The van der Waals surface area contributed by atoms with Crippen molar-refractivity contribution in [3.05, 3.63) is 36.7 Å². The fraction of sp³-hybridized carbons (Fsp3) is 0.500. The number of rotatable bonds is 2. The number of amides is 1. The molecule has 1 aliphatic heterocycles. The predicted octanol–water partition coefficient (Wildman–Crippen LogP) is 3.25. The van der Waals surface area contributed by atoms with E-state index in [1.807, 2.05) is 27.7 Å². The zero-order chi connectivity index (χ0) is 20.5. The molecule has 3 rings (SSSR count). The molecule has 1 saturated heterocycles. The van der Waals surface area contributed by atoms with Crippen molar-refractivity contribution < 1.29 is 17.9 Å². The Morgan fingerprint density at radius 3 is 2.61 bits per heavy atom. The van der Waals surface area contributed by atoms with E-state index in [2.05, 4.69) is 4.98 Å². The van der Waals surface area contributed by atoms with E-state index in [1.165, 1.54) is 4.31 Å². The topological polar surface area (TPSA) is 79.8 Å². The number of sulfonamides is 1. The number of fused-ring (bicyclic) bond motifs is 1. The lowest BCUT2D eigenvalue weighted by molar-refractivity contribution is 0.0260. The van der Waals surface area contributed by atoms with Crippen LogP contribution in [0.15, 0.2) is 41.6 Å². The molecule has 2 heterocycles. The van der Waals surface area contributed by atoms with E-state index in [9.17, 15) is 13.2 Å². The molecule has 152 valence electrons. The van der Waals surface area contributed by atoms with Gasteiger partial charge in [0.2, 0.25) is 10.0 Å². The zero-order valence-corrected chi connectivity index (χ0v) is 17.6. The highest BCUT2D eigenvalue weighted by molar-refractivity contribution is 7.89. The third-order valence-corrected chi connectivity index (χ3v) is 6.78. The van der Waals surface area contributed by atoms with Crippen LogP contribution in [0.2, 0.25) is 0 Å². The Hall–Kier alpha value is -2.19. The first-order valence-electron chi connectivity index (χ1n) is 9.41. The molecule has 0 radical (unpaired) electrons. The van der Waals surface area contributed by atoms with Crippen LogP contribution in [0.4, 0.5) is 4.79 Å². The molecule has 1 amide bonds. The average molecular weight is 406 g/mol. The SMILES string of the molecule is CC1CCN(C(=O)OC(C)(C)C)CCN1S(=O)(=O)c1ccc2cnccc2c1. The van der Waals surface area contributed by atoms with E-state index in [0.717, 1.165) is 10.8 Å². The van der Waals surface area contributed by atoms with Crippen LogP contribution in [0.5, 0.6) is 0 Å². The van der Waals surface area contributed by atoms with Gasteiger partial charge in [-0.15, -0.1) is 0 Å². The first kappa shape index (κ1) is 20.5. The maximum absolute atomic E-state index is 13.3. The standard InChI is InChI=1S/C20H27N3O4S/c1-15-8-10-22(19(24)27-20(2,3)4)11-12-23(15)28(25,26)18-6-5-17-14-21-9-7-16(17)13-18/h5-7,9,13-15H,8,10-12H2,1-4H3. The average Bonchev–Trinajstić information content (AvgIpc) is 2.82.